The van der Waals surface area contributed by atoms with Gasteiger partial charge in [0.2, 0.25) is 0 Å². The molecule has 3 fully saturated rings. The van der Waals surface area contributed by atoms with E-state index in [9.17, 15) is 5.11 Å². The zero-order valence-corrected chi connectivity index (χ0v) is 15.5. The summed E-state index contributed by atoms with van der Waals surface area (Å²) in [7, 11) is 0. The van der Waals surface area contributed by atoms with Crippen LogP contribution >= 0.6 is 0 Å². The molecule has 4 unspecified atom stereocenters. The van der Waals surface area contributed by atoms with Gasteiger partial charge in [0, 0.05) is 18.7 Å². The Bertz CT molecular complexity index is 591. The first-order chi connectivity index (χ1) is 12.6. The summed E-state index contributed by atoms with van der Waals surface area (Å²) in [5.41, 5.74) is 1.11. The van der Waals surface area contributed by atoms with E-state index in [0.29, 0.717) is 19.1 Å². The van der Waals surface area contributed by atoms with Crippen molar-refractivity contribution in [3.8, 4) is 0 Å². The zero-order chi connectivity index (χ0) is 18.1. The summed E-state index contributed by atoms with van der Waals surface area (Å²) < 4.78 is 24.5. The topological polar surface area (TPSA) is 69.2 Å². The van der Waals surface area contributed by atoms with Crippen molar-refractivity contribution in [1.82, 2.24) is 5.32 Å². The van der Waals surface area contributed by atoms with Gasteiger partial charge in [-0.1, -0.05) is 30.3 Å². The van der Waals surface area contributed by atoms with Crippen LogP contribution in [0.5, 0.6) is 0 Å². The van der Waals surface area contributed by atoms with Crippen molar-refractivity contribution >= 4 is 0 Å². The highest BCUT2D eigenvalue weighted by atomic mass is 16.8. The second-order valence-electron chi connectivity index (χ2n) is 7.89. The van der Waals surface area contributed by atoms with Crippen LogP contribution in [0.1, 0.15) is 38.7 Å². The molecule has 26 heavy (non-hydrogen) atoms. The number of benzene rings is 1. The van der Waals surface area contributed by atoms with Gasteiger partial charge >= 0.3 is 0 Å². The maximum Gasteiger partial charge on any atom is 0.190 e. The fourth-order valence-electron chi connectivity index (χ4n) is 3.82. The van der Waals surface area contributed by atoms with Crippen LogP contribution in [0.4, 0.5) is 0 Å². The second kappa shape index (κ2) is 7.54. The van der Waals surface area contributed by atoms with Crippen LogP contribution < -0.4 is 5.32 Å². The lowest BCUT2D eigenvalue weighted by atomic mass is 10.0. The van der Waals surface area contributed by atoms with Crippen LogP contribution in [0.15, 0.2) is 30.3 Å². The number of nitrogens with one attached hydrogen (secondary N) is 1. The van der Waals surface area contributed by atoms with E-state index in [0.717, 1.165) is 5.56 Å². The molecule has 6 nitrogen and oxygen atoms in total. The molecule has 0 aromatic heterocycles. The van der Waals surface area contributed by atoms with Crippen molar-refractivity contribution in [3.05, 3.63) is 35.9 Å². The van der Waals surface area contributed by atoms with Crippen molar-refractivity contribution in [1.29, 1.82) is 0 Å². The molecule has 0 bridgehead atoms. The van der Waals surface area contributed by atoms with Gasteiger partial charge in [-0.05, 0) is 38.7 Å². The van der Waals surface area contributed by atoms with Crippen LogP contribution in [-0.2, 0) is 25.6 Å². The van der Waals surface area contributed by atoms with Crippen LogP contribution in [0, 0.1) is 0 Å². The molecule has 1 aromatic rings. The Morgan fingerprint density at radius 2 is 2.00 bits per heavy atom. The normalized spacial score (nSPS) is 34.0. The van der Waals surface area contributed by atoms with E-state index in [4.69, 9.17) is 18.9 Å². The lowest BCUT2D eigenvalue weighted by molar-refractivity contribution is -0.223. The third-order valence-electron chi connectivity index (χ3n) is 5.18. The first-order valence-corrected chi connectivity index (χ1v) is 9.59. The predicted octanol–water partition coefficient (Wildman–Crippen LogP) is 1.95. The fraction of sp³-hybridized carbons (Fsp3) is 0.700. The van der Waals surface area contributed by atoms with Crippen molar-refractivity contribution in [2.75, 3.05) is 6.61 Å². The third-order valence-corrected chi connectivity index (χ3v) is 5.18. The number of hydrogen-bond donors (Lipinski definition) is 2. The summed E-state index contributed by atoms with van der Waals surface area (Å²) in [5.74, 6) is -0.676. The quantitative estimate of drug-likeness (QED) is 0.736. The van der Waals surface area contributed by atoms with Crippen molar-refractivity contribution in [2.45, 2.75) is 82.2 Å². The van der Waals surface area contributed by atoms with Crippen LogP contribution in [0.2, 0.25) is 0 Å². The maximum absolute atomic E-state index is 9.51. The van der Waals surface area contributed by atoms with E-state index >= 15 is 0 Å². The smallest absolute Gasteiger partial charge is 0.190 e. The number of fused-ring (bicyclic) bond motifs is 1. The van der Waals surface area contributed by atoms with E-state index in [-0.39, 0.29) is 31.0 Å². The lowest BCUT2D eigenvalue weighted by Crippen LogP contribution is -2.49. The SMILES string of the molecule is CC1(C)OC2OC(C(CCO)NC3CC3)C(OCc3ccccc3)[C@H]2O1. The first-order valence-electron chi connectivity index (χ1n) is 9.59. The largest absolute Gasteiger partial charge is 0.396 e. The Hall–Kier alpha value is -1.02. The molecule has 2 N–H and O–H groups in total. The molecule has 4 rings (SSSR count). The Morgan fingerprint density at radius 3 is 2.69 bits per heavy atom. The Labute approximate surface area is 154 Å². The molecule has 0 amide bonds. The number of aliphatic hydroxyl groups is 1. The highest BCUT2D eigenvalue weighted by Gasteiger charge is 2.57. The number of ether oxygens (including phenoxy) is 4. The molecule has 5 atom stereocenters. The number of rotatable bonds is 8. The monoisotopic (exact) mass is 363 g/mol. The Kier molecular flexibility index (Phi) is 5.32. The standard InChI is InChI=1S/C20H29NO5/c1-20(2)25-18-17(23-12-13-6-4-3-5-7-13)16(24-19(18)26-20)15(10-11-22)21-14-8-9-14/h3-7,14-19,21-22H,8-12H2,1-2H3/t15?,16?,17?,18-,19?/m1/s1. The fourth-order valence-corrected chi connectivity index (χ4v) is 3.82. The van der Waals surface area contributed by atoms with Gasteiger partial charge in [0.15, 0.2) is 12.1 Å². The first kappa shape index (κ1) is 18.3. The third kappa shape index (κ3) is 4.11. The van der Waals surface area contributed by atoms with Crippen molar-refractivity contribution in [3.63, 3.8) is 0 Å². The molecule has 0 radical (unpaired) electrons. The van der Waals surface area contributed by atoms with Gasteiger partial charge in [-0.15, -0.1) is 0 Å². The molecule has 3 aliphatic rings. The minimum absolute atomic E-state index is 0.0224. The van der Waals surface area contributed by atoms with Crippen LogP contribution in [0.25, 0.3) is 0 Å². The minimum Gasteiger partial charge on any atom is -0.396 e. The van der Waals surface area contributed by atoms with Crippen LogP contribution in [0.3, 0.4) is 0 Å². The average Bonchev–Trinajstić information content (AvgIpc) is 3.30. The molecule has 1 saturated carbocycles. The molecule has 6 heteroatoms. The van der Waals surface area contributed by atoms with E-state index in [1.807, 2.05) is 44.2 Å². The number of aliphatic hydroxyl groups excluding tert-OH is 1. The molecule has 0 spiro atoms. The summed E-state index contributed by atoms with van der Waals surface area (Å²) in [6, 6.07) is 10.6. The van der Waals surface area contributed by atoms with Crippen molar-refractivity contribution in [2.24, 2.45) is 0 Å². The predicted molar refractivity (Wildman–Crippen MR) is 95.4 cm³/mol. The average molecular weight is 363 g/mol. The van der Waals surface area contributed by atoms with E-state index in [2.05, 4.69) is 5.32 Å². The Morgan fingerprint density at radius 1 is 1.23 bits per heavy atom. The number of hydrogen-bond acceptors (Lipinski definition) is 6. The lowest BCUT2D eigenvalue weighted by Gasteiger charge is -2.31. The molecular weight excluding hydrogens is 334 g/mol. The van der Waals surface area contributed by atoms with E-state index in [1.165, 1.54) is 12.8 Å². The van der Waals surface area contributed by atoms with Gasteiger partial charge in [0.05, 0.1) is 6.61 Å². The van der Waals surface area contributed by atoms with E-state index in [1.54, 1.807) is 0 Å². The van der Waals surface area contributed by atoms with Gasteiger partial charge < -0.3 is 29.4 Å². The van der Waals surface area contributed by atoms with Gasteiger partial charge in [-0.25, -0.2) is 0 Å². The summed E-state index contributed by atoms with van der Waals surface area (Å²) in [5, 5.41) is 13.1. The molecule has 2 saturated heterocycles. The molecule has 1 aliphatic carbocycles. The van der Waals surface area contributed by atoms with Crippen molar-refractivity contribution < 1.29 is 24.1 Å². The minimum atomic E-state index is -0.676. The molecule has 2 aliphatic heterocycles. The molecule has 1 aromatic carbocycles. The second-order valence-corrected chi connectivity index (χ2v) is 7.89. The summed E-state index contributed by atoms with van der Waals surface area (Å²) >= 11 is 0. The molecular formula is C20H29NO5. The molecule has 144 valence electrons. The zero-order valence-electron chi connectivity index (χ0n) is 15.5. The van der Waals surface area contributed by atoms with E-state index < -0.39 is 12.1 Å². The maximum atomic E-state index is 9.51. The summed E-state index contributed by atoms with van der Waals surface area (Å²) in [4.78, 5) is 0. The van der Waals surface area contributed by atoms with Gasteiger partial charge in [0.25, 0.3) is 0 Å². The van der Waals surface area contributed by atoms with Gasteiger partial charge in [0.1, 0.15) is 18.3 Å². The highest BCUT2D eigenvalue weighted by Crippen LogP contribution is 2.40. The van der Waals surface area contributed by atoms with Gasteiger partial charge in [-0.2, -0.15) is 0 Å². The molecule has 2 heterocycles. The summed E-state index contributed by atoms with van der Waals surface area (Å²) in [6.07, 6.45) is 1.82. The highest BCUT2D eigenvalue weighted by molar-refractivity contribution is 5.13. The Balaban J connectivity index is 1.49. The summed E-state index contributed by atoms with van der Waals surface area (Å²) in [6.45, 7) is 4.39. The van der Waals surface area contributed by atoms with Crippen LogP contribution in [-0.4, -0.2) is 54.2 Å². The van der Waals surface area contributed by atoms with Gasteiger partial charge in [-0.3, -0.25) is 0 Å².